The molecule has 0 saturated heterocycles. The van der Waals surface area contributed by atoms with Gasteiger partial charge in [-0.15, -0.1) is 0 Å². The lowest BCUT2D eigenvalue weighted by Crippen LogP contribution is -2.10. The molecule has 1 rings (SSSR count). The summed E-state index contributed by atoms with van der Waals surface area (Å²) in [6, 6.07) is 5.76. The number of nitrogens with zero attached hydrogens (tertiary/aromatic N) is 3. The van der Waals surface area contributed by atoms with E-state index in [4.69, 9.17) is 5.26 Å². The Kier molecular flexibility index (Phi) is 4.05. The van der Waals surface area contributed by atoms with Gasteiger partial charge in [-0.05, 0) is 17.7 Å². The second-order valence-electron chi connectivity index (χ2n) is 2.36. The summed E-state index contributed by atoms with van der Waals surface area (Å²) >= 11 is 0. The maximum absolute atomic E-state index is 8.20. The molecule has 0 atom stereocenters. The standard InChI is InChI=1S/C9H10N4/c10-3-6-12-8-13-7-9-1-4-11-5-2-9/h1-2,4-5,8H,6-7H2,(H,12,13). The molecule has 0 aliphatic heterocycles. The van der Waals surface area contributed by atoms with E-state index in [1.54, 1.807) is 18.7 Å². The van der Waals surface area contributed by atoms with Crippen LogP contribution in [0.15, 0.2) is 29.5 Å². The van der Waals surface area contributed by atoms with Gasteiger partial charge < -0.3 is 5.32 Å². The van der Waals surface area contributed by atoms with Gasteiger partial charge in [0.2, 0.25) is 0 Å². The van der Waals surface area contributed by atoms with Crippen molar-refractivity contribution in [3.05, 3.63) is 30.1 Å². The van der Waals surface area contributed by atoms with Crippen LogP contribution in [0.2, 0.25) is 0 Å². The molecular weight excluding hydrogens is 164 g/mol. The van der Waals surface area contributed by atoms with E-state index in [2.05, 4.69) is 15.3 Å². The zero-order valence-electron chi connectivity index (χ0n) is 7.14. The van der Waals surface area contributed by atoms with E-state index in [-0.39, 0.29) is 0 Å². The normalized spacial score (nSPS) is 9.77. The van der Waals surface area contributed by atoms with Crippen LogP contribution in [-0.2, 0) is 6.54 Å². The topological polar surface area (TPSA) is 61.1 Å². The Morgan fingerprint density at radius 2 is 2.31 bits per heavy atom. The van der Waals surface area contributed by atoms with Crippen molar-refractivity contribution in [3.8, 4) is 6.07 Å². The Labute approximate surface area is 76.9 Å². The average molecular weight is 174 g/mol. The lowest BCUT2D eigenvalue weighted by Gasteiger charge is -1.93. The van der Waals surface area contributed by atoms with Crippen molar-refractivity contribution >= 4 is 6.34 Å². The SMILES string of the molecule is N#CCNC=NCc1ccncc1. The summed E-state index contributed by atoms with van der Waals surface area (Å²) in [4.78, 5) is 7.96. The molecule has 13 heavy (non-hydrogen) atoms. The van der Waals surface area contributed by atoms with Crippen molar-refractivity contribution in [3.63, 3.8) is 0 Å². The van der Waals surface area contributed by atoms with Crippen molar-refractivity contribution < 1.29 is 0 Å². The number of pyridine rings is 1. The van der Waals surface area contributed by atoms with Gasteiger partial charge in [-0.25, -0.2) is 0 Å². The van der Waals surface area contributed by atoms with Crippen molar-refractivity contribution in [2.24, 2.45) is 4.99 Å². The van der Waals surface area contributed by atoms with Crippen LogP contribution in [0, 0.1) is 11.3 Å². The number of rotatable bonds is 4. The molecule has 1 heterocycles. The first-order chi connectivity index (χ1) is 6.43. The Morgan fingerprint density at radius 1 is 1.54 bits per heavy atom. The van der Waals surface area contributed by atoms with Crippen molar-refractivity contribution in [2.75, 3.05) is 6.54 Å². The molecule has 0 amide bonds. The third-order valence-electron chi connectivity index (χ3n) is 1.39. The number of hydrogen-bond acceptors (Lipinski definition) is 3. The predicted molar refractivity (Wildman–Crippen MR) is 50.0 cm³/mol. The van der Waals surface area contributed by atoms with E-state index >= 15 is 0 Å². The van der Waals surface area contributed by atoms with Gasteiger partial charge in [0, 0.05) is 12.4 Å². The van der Waals surface area contributed by atoms with Crippen molar-refractivity contribution in [2.45, 2.75) is 6.54 Å². The Hall–Kier alpha value is -1.89. The predicted octanol–water partition coefficient (Wildman–Crippen LogP) is 0.723. The molecule has 0 bridgehead atoms. The molecule has 1 aromatic rings. The zero-order valence-corrected chi connectivity index (χ0v) is 7.14. The molecule has 0 aromatic carbocycles. The summed E-state index contributed by atoms with van der Waals surface area (Å²) in [5.41, 5.74) is 1.10. The molecule has 0 fully saturated rings. The van der Waals surface area contributed by atoms with Crippen LogP contribution in [0.3, 0.4) is 0 Å². The quantitative estimate of drug-likeness (QED) is 0.316. The lowest BCUT2D eigenvalue weighted by atomic mass is 10.3. The van der Waals surface area contributed by atoms with Gasteiger partial charge >= 0.3 is 0 Å². The smallest absolute Gasteiger partial charge is 0.104 e. The van der Waals surface area contributed by atoms with Crippen LogP contribution in [0.1, 0.15) is 5.56 Å². The van der Waals surface area contributed by atoms with Gasteiger partial charge in [0.15, 0.2) is 0 Å². The Balaban J connectivity index is 2.28. The molecule has 4 nitrogen and oxygen atoms in total. The summed E-state index contributed by atoms with van der Waals surface area (Å²) in [6.45, 7) is 0.904. The van der Waals surface area contributed by atoms with E-state index < -0.39 is 0 Å². The fourth-order valence-corrected chi connectivity index (χ4v) is 0.795. The summed E-state index contributed by atoms with van der Waals surface area (Å²) in [5.74, 6) is 0. The number of nitriles is 1. The molecule has 0 unspecified atom stereocenters. The molecule has 1 aromatic heterocycles. The minimum absolute atomic E-state index is 0.292. The highest BCUT2D eigenvalue weighted by atomic mass is 14.9. The highest BCUT2D eigenvalue weighted by Gasteiger charge is 1.85. The van der Waals surface area contributed by atoms with E-state index in [1.807, 2.05) is 18.2 Å². The first-order valence-electron chi connectivity index (χ1n) is 3.91. The first-order valence-corrected chi connectivity index (χ1v) is 3.91. The van der Waals surface area contributed by atoms with Crippen LogP contribution in [-0.4, -0.2) is 17.9 Å². The fraction of sp³-hybridized carbons (Fsp3) is 0.222. The summed E-state index contributed by atoms with van der Waals surface area (Å²) in [6.07, 6.45) is 5.00. The highest BCUT2D eigenvalue weighted by Crippen LogP contribution is 1.96. The molecule has 4 heteroatoms. The zero-order chi connectivity index (χ0) is 9.36. The number of aliphatic imine (C=N–C) groups is 1. The molecule has 0 aliphatic rings. The molecule has 0 saturated carbocycles. The number of aromatic nitrogens is 1. The summed E-state index contributed by atoms with van der Waals surface area (Å²) < 4.78 is 0. The van der Waals surface area contributed by atoms with Crippen molar-refractivity contribution in [1.82, 2.24) is 10.3 Å². The van der Waals surface area contributed by atoms with E-state index in [0.717, 1.165) is 5.56 Å². The van der Waals surface area contributed by atoms with E-state index in [1.165, 1.54) is 0 Å². The molecule has 0 radical (unpaired) electrons. The maximum Gasteiger partial charge on any atom is 0.104 e. The molecule has 0 spiro atoms. The summed E-state index contributed by atoms with van der Waals surface area (Å²) in [5, 5.41) is 10.9. The van der Waals surface area contributed by atoms with E-state index in [0.29, 0.717) is 13.1 Å². The monoisotopic (exact) mass is 174 g/mol. The van der Waals surface area contributed by atoms with Crippen LogP contribution in [0.4, 0.5) is 0 Å². The fourth-order valence-electron chi connectivity index (χ4n) is 0.795. The molecule has 0 aliphatic carbocycles. The van der Waals surface area contributed by atoms with Crippen molar-refractivity contribution in [1.29, 1.82) is 5.26 Å². The van der Waals surface area contributed by atoms with Gasteiger partial charge in [0.1, 0.15) is 6.54 Å². The largest absolute Gasteiger partial charge is 0.363 e. The van der Waals surface area contributed by atoms with Gasteiger partial charge in [-0.1, -0.05) is 0 Å². The van der Waals surface area contributed by atoms with E-state index in [9.17, 15) is 0 Å². The lowest BCUT2D eigenvalue weighted by molar-refractivity contribution is 1.01. The third kappa shape index (κ3) is 3.87. The summed E-state index contributed by atoms with van der Waals surface area (Å²) in [7, 11) is 0. The average Bonchev–Trinajstić information content (AvgIpc) is 2.19. The minimum atomic E-state index is 0.292. The highest BCUT2D eigenvalue weighted by molar-refractivity contribution is 5.54. The van der Waals surface area contributed by atoms with Gasteiger partial charge in [-0.3, -0.25) is 9.98 Å². The van der Waals surface area contributed by atoms with Crippen LogP contribution >= 0.6 is 0 Å². The number of nitrogens with one attached hydrogen (secondary N) is 1. The number of hydrogen-bond donors (Lipinski definition) is 1. The molecule has 1 N–H and O–H groups in total. The van der Waals surface area contributed by atoms with Gasteiger partial charge in [0.05, 0.1) is 19.0 Å². The van der Waals surface area contributed by atoms with Crippen LogP contribution < -0.4 is 5.32 Å². The Morgan fingerprint density at radius 3 is 3.00 bits per heavy atom. The van der Waals surface area contributed by atoms with Gasteiger partial charge in [0.25, 0.3) is 0 Å². The van der Waals surface area contributed by atoms with Crippen LogP contribution in [0.25, 0.3) is 0 Å². The Bertz CT molecular complexity index is 299. The molecular formula is C9H10N4. The third-order valence-corrected chi connectivity index (χ3v) is 1.39. The van der Waals surface area contributed by atoms with Gasteiger partial charge in [-0.2, -0.15) is 5.26 Å². The van der Waals surface area contributed by atoms with Crippen LogP contribution in [0.5, 0.6) is 0 Å². The minimum Gasteiger partial charge on any atom is -0.363 e. The maximum atomic E-state index is 8.20. The second-order valence-corrected chi connectivity index (χ2v) is 2.36. The molecule has 66 valence electrons. The first kappa shape index (κ1) is 9.20. The second kappa shape index (κ2) is 5.72.